The molecule has 0 bridgehead atoms. The maximum absolute atomic E-state index is 13.1. The highest BCUT2D eigenvalue weighted by Gasteiger charge is 2.57. The van der Waals surface area contributed by atoms with Crippen LogP contribution in [0.3, 0.4) is 0 Å². The number of carbonyl (C=O) groups excluding carboxylic acids is 2. The minimum atomic E-state index is -1.48. The van der Waals surface area contributed by atoms with E-state index < -0.39 is 17.4 Å². The van der Waals surface area contributed by atoms with Gasteiger partial charge < -0.3 is 9.47 Å². The molecule has 140 valence electrons. The summed E-state index contributed by atoms with van der Waals surface area (Å²) in [7, 11) is 0. The predicted octanol–water partition coefficient (Wildman–Crippen LogP) is 4.66. The largest absolute Gasteiger partial charge is 0.465 e. The van der Waals surface area contributed by atoms with Gasteiger partial charge >= 0.3 is 11.9 Å². The lowest BCUT2D eigenvalue weighted by atomic mass is 9.79. The summed E-state index contributed by atoms with van der Waals surface area (Å²) >= 11 is 2.22. The van der Waals surface area contributed by atoms with Crippen molar-refractivity contribution in [1.82, 2.24) is 0 Å². The van der Waals surface area contributed by atoms with Gasteiger partial charge in [0.05, 0.1) is 13.2 Å². The third kappa shape index (κ3) is 3.40. The van der Waals surface area contributed by atoms with Crippen LogP contribution >= 0.6 is 22.6 Å². The summed E-state index contributed by atoms with van der Waals surface area (Å²) in [5.41, 5.74) is 1.97. The molecular weight excluding hydrogens is 455 g/mol. The molecule has 0 unspecified atom stereocenters. The topological polar surface area (TPSA) is 52.6 Å². The summed E-state index contributed by atoms with van der Waals surface area (Å²) in [5, 5.41) is 0. The van der Waals surface area contributed by atoms with Gasteiger partial charge in [0.1, 0.15) is 0 Å². The van der Waals surface area contributed by atoms with Gasteiger partial charge in [-0.15, -0.1) is 0 Å². The Morgan fingerprint density at radius 2 is 1.48 bits per heavy atom. The fourth-order valence-corrected chi connectivity index (χ4v) is 4.61. The number of fused-ring (bicyclic) bond motifs is 1. The molecule has 0 aliphatic heterocycles. The van der Waals surface area contributed by atoms with E-state index in [1.165, 1.54) is 0 Å². The molecule has 2 aromatic rings. The predicted molar refractivity (Wildman–Crippen MR) is 113 cm³/mol. The molecule has 0 radical (unpaired) electrons. The molecule has 0 aromatic heterocycles. The molecule has 0 saturated carbocycles. The molecule has 1 aliphatic carbocycles. The van der Waals surface area contributed by atoms with Crippen LogP contribution in [-0.4, -0.2) is 25.2 Å². The zero-order chi connectivity index (χ0) is 19.4. The molecular formula is C22H21IO4. The van der Waals surface area contributed by atoms with Crippen molar-refractivity contribution in [2.75, 3.05) is 13.2 Å². The fourth-order valence-electron chi connectivity index (χ4n) is 3.50. The number of benzene rings is 2. The van der Waals surface area contributed by atoms with Gasteiger partial charge in [0.25, 0.3) is 0 Å². The minimum Gasteiger partial charge on any atom is -0.465 e. The monoisotopic (exact) mass is 476 g/mol. The Balaban J connectivity index is 2.31. The van der Waals surface area contributed by atoms with Crippen LogP contribution in [0.2, 0.25) is 0 Å². The molecule has 0 amide bonds. The third-order valence-electron chi connectivity index (χ3n) is 4.66. The molecule has 0 heterocycles. The number of halogens is 1. The van der Waals surface area contributed by atoms with Gasteiger partial charge in [-0.1, -0.05) is 54.6 Å². The summed E-state index contributed by atoms with van der Waals surface area (Å²) in [5.74, 6) is -1.11. The van der Waals surface area contributed by atoms with Crippen molar-refractivity contribution in [3.63, 3.8) is 0 Å². The van der Waals surface area contributed by atoms with Crippen molar-refractivity contribution in [2.24, 2.45) is 5.41 Å². The highest BCUT2D eigenvalue weighted by atomic mass is 127. The van der Waals surface area contributed by atoms with Crippen molar-refractivity contribution in [2.45, 2.75) is 20.3 Å². The highest BCUT2D eigenvalue weighted by molar-refractivity contribution is 14.1. The lowest BCUT2D eigenvalue weighted by molar-refractivity contribution is -0.166. The molecule has 27 heavy (non-hydrogen) atoms. The molecule has 1 aliphatic rings. The van der Waals surface area contributed by atoms with E-state index in [9.17, 15) is 9.59 Å². The molecule has 0 N–H and O–H groups in total. The van der Waals surface area contributed by atoms with Crippen LogP contribution < -0.4 is 0 Å². The summed E-state index contributed by atoms with van der Waals surface area (Å²) in [6.45, 7) is 3.88. The van der Waals surface area contributed by atoms with E-state index in [0.29, 0.717) is 5.57 Å². The molecule has 0 spiro atoms. The van der Waals surface area contributed by atoms with E-state index in [-0.39, 0.29) is 19.6 Å². The van der Waals surface area contributed by atoms with E-state index in [0.717, 1.165) is 20.3 Å². The molecule has 0 saturated heterocycles. The number of ether oxygens (including phenoxy) is 2. The van der Waals surface area contributed by atoms with Crippen LogP contribution in [-0.2, 0) is 25.5 Å². The van der Waals surface area contributed by atoms with E-state index in [1.807, 2.05) is 54.6 Å². The SMILES string of the molecule is CCOC(=O)C1(C(=O)OCC)Cc2ccccc2/C1=C(\I)c1ccccc1. The Morgan fingerprint density at radius 3 is 2.07 bits per heavy atom. The van der Waals surface area contributed by atoms with Crippen molar-refractivity contribution in [1.29, 1.82) is 0 Å². The smallest absolute Gasteiger partial charge is 0.328 e. The zero-order valence-corrected chi connectivity index (χ0v) is 17.5. The number of rotatable bonds is 5. The lowest BCUT2D eigenvalue weighted by Crippen LogP contribution is -2.42. The number of esters is 2. The maximum Gasteiger partial charge on any atom is 0.328 e. The Hall–Kier alpha value is -2.15. The van der Waals surface area contributed by atoms with Gasteiger partial charge in [0.15, 0.2) is 5.41 Å². The summed E-state index contributed by atoms with van der Waals surface area (Å²) in [6, 6.07) is 17.5. The van der Waals surface area contributed by atoms with Crippen molar-refractivity contribution in [3.05, 3.63) is 71.3 Å². The van der Waals surface area contributed by atoms with Crippen LogP contribution in [0, 0.1) is 5.41 Å². The first-order valence-electron chi connectivity index (χ1n) is 8.94. The van der Waals surface area contributed by atoms with E-state index in [2.05, 4.69) is 22.6 Å². The molecule has 5 heteroatoms. The van der Waals surface area contributed by atoms with Crippen LogP contribution in [0.4, 0.5) is 0 Å². The van der Waals surface area contributed by atoms with Crippen LogP contribution in [0.15, 0.2) is 54.6 Å². The first kappa shape index (κ1) is 19.6. The first-order chi connectivity index (χ1) is 13.1. The van der Waals surface area contributed by atoms with Gasteiger partial charge in [-0.3, -0.25) is 9.59 Å². The molecule has 0 atom stereocenters. The van der Waals surface area contributed by atoms with Crippen molar-refractivity contribution in [3.8, 4) is 0 Å². The molecule has 2 aromatic carbocycles. The van der Waals surface area contributed by atoms with Gasteiger partial charge in [0.2, 0.25) is 0 Å². The second-order valence-electron chi connectivity index (χ2n) is 6.24. The van der Waals surface area contributed by atoms with Gasteiger partial charge in [-0.05, 0) is 53.1 Å². The zero-order valence-electron chi connectivity index (χ0n) is 15.3. The second kappa shape index (κ2) is 8.25. The van der Waals surface area contributed by atoms with Crippen LogP contribution in [0.5, 0.6) is 0 Å². The summed E-state index contributed by atoms with van der Waals surface area (Å²) in [6.07, 6.45) is 0.246. The Labute approximate surface area is 172 Å². The standard InChI is InChI=1S/C22H21IO4/c1-3-26-20(24)22(21(25)27-4-2)14-16-12-8-9-13-17(16)18(22)19(23)15-10-6-5-7-11-15/h5-13H,3-4,14H2,1-2H3/b19-18+. The average Bonchev–Trinajstić information content (AvgIpc) is 3.05. The van der Waals surface area contributed by atoms with E-state index in [4.69, 9.17) is 9.47 Å². The Bertz CT molecular complexity index is 868. The van der Waals surface area contributed by atoms with Gasteiger partial charge in [0, 0.05) is 15.6 Å². The molecule has 4 nitrogen and oxygen atoms in total. The second-order valence-corrected chi connectivity index (χ2v) is 7.31. The maximum atomic E-state index is 13.1. The quantitative estimate of drug-likeness (QED) is 0.358. The number of hydrogen-bond acceptors (Lipinski definition) is 4. The van der Waals surface area contributed by atoms with Crippen LogP contribution in [0.25, 0.3) is 9.15 Å². The summed E-state index contributed by atoms with van der Waals surface area (Å²) < 4.78 is 11.6. The summed E-state index contributed by atoms with van der Waals surface area (Å²) in [4.78, 5) is 26.3. The molecule has 3 rings (SSSR count). The van der Waals surface area contributed by atoms with Crippen molar-refractivity contribution < 1.29 is 19.1 Å². The van der Waals surface area contributed by atoms with Crippen LogP contribution in [0.1, 0.15) is 30.5 Å². The fraction of sp³-hybridized carbons (Fsp3) is 0.273. The van der Waals surface area contributed by atoms with Crippen molar-refractivity contribution >= 4 is 43.7 Å². The number of carbonyl (C=O) groups is 2. The Morgan fingerprint density at radius 1 is 0.926 bits per heavy atom. The third-order valence-corrected chi connectivity index (χ3v) is 5.83. The first-order valence-corrected chi connectivity index (χ1v) is 10.0. The number of hydrogen-bond donors (Lipinski definition) is 0. The normalized spacial score (nSPS) is 16.4. The lowest BCUT2D eigenvalue weighted by Gasteiger charge is -2.27. The highest BCUT2D eigenvalue weighted by Crippen LogP contribution is 2.53. The van der Waals surface area contributed by atoms with E-state index >= 15 is 0 Å². The molecule has 0 fully saturated rings. The van der Waals surface area contributed by atoms with E-state index in [1.54, 1.807) is 13.8 Å². The minimum absolute atomic E-state index is 0.200. The Kier molecular flexibility index (Phi) is 5.99. The average molecular weight is 476 g/mol. The van der Waals surface area contributed by atoms with Gasteiger partial charge in [-0.2, -0.15) is 0 Å². The van der Waals surface area contributed by atoms with Gasteiger partial charge in [-0.25, -0.2) is 0 Å².